The molecule has 1 aliphatic rings. The molecule has 88 valence electrons. The Morgan fingerprint density at radius 3 is 2.62 bits per heavy atom. The molecule has 0 saturated heterocycles. The molecule has 0 heterocycles. The first kappa shape index (κ1) is 12.5. The van der Waals surface area contributed by atoms with Crippen LogP contribution in [0.3, 0.4) is 0 Å². The van der Waals surface area contributed by atoms with Gasteiger partial charge in [-0.15, -0.1) is 11.8 Å². The highest BCUT2D eigenvalue weighted by molar-refractivity contribution is 9.10. The highest BCUT2D eigenvalue weighted by atomic mass is 79.9. The van der Waals surface area contributed by atoms with E-state index in [1.165, 1.54) is 30.6 Å². The molecule has 1 nitrogen and oxygen atoms in total. The van der Waals surface area contributed by atoms with E-state index in [0.29, 0.717) is 6.04 Å². The van der Waals surface area contributed by atoms with Gasteiger partial charge in [-0.3, -0.25) is 0 Å². The standard InChI is InChI=1S/C13H18BrNS/c14-11-4-7-13(8-5-11)16-9-12(15)6-3-10-1-2-10/h4-5,7-8,10,12H,1-3,6,9,15H2. The van der Waals surface area contributed by atoms with Gasteiger partial charge in [0, 0.05) is 21.2 Å². The van der Waals surface area contributed by atoms with E-state index < -0.39 is 0 Å². The quantitative estimate of drug-likeness (QED) is 0.802. The van der Waals surface area contributed by atoms with Crippen LogP contribution in [-0.4, -0.2) is 11.8 Å². The summed E-state index contributed by atoms with van der Waals surface area (Å²) in [4.78, 5) is 1.31. The number of thioether (sulfide) groups is 1. The first-order valence-electron chi connectivity index (χ1n) is 5.88. The van der Waals surface area contributed by atoms with E-state index in [2.05, 4.69) is 40.2 Å². The fraction of sp³-hybridized carbons (Fsp3) is 0.538. The Morgan fingerprint density at radius 1 is 1.31 bits per heavy atom. The summed E-state index contributed by atoms with van der Waals surface area (Å²) in [5.41, 5.74) is 6.10. The fourth-order valence-electron chi connectivity index (χ4n) is 1.67. The predicted octanol–water partition coefficient (Wildman–Crippen LogP) is 4.06. The fourth-order valence-corrected chi connectivity index (χ4v) is 2.84. The normalized spacial score (nSPS) is 17.4. The average molecular weight is 300 g/mol. The second-order valence-corrected chi connectivity index (χ2v) is 6.55. The number of rotatable bonds is 6. The van der Waals surface area contributed by atoms with Crippen molar-refractivity contribution in [3.63, 3.8) is 0 Å². The zero-order valence-corrected chi connectivity index (χ0v) is 11.8. The minimum Gasteiger partial charge on any atom is -0.327 e. The lowest BCUT2D eigenvalue weighted by atomic mass is 10.1. The van der Waals surface area contributed by atoms with E-state index in [9.17, 15) is 0 Å². The van der Waals surface area contributed by atoms with Crippen LogP contribution in [0.25, 0.3) is 0 Å². The minimum absolute atomic E-state index is 0.356. The molecular weight excluding hydrogens is 282 g/mol. The van der Waals surface area contributed by atoms with Crippen LogP contribution in [0.5, 0.6) is 0 Å². The lowest BCUT2D eigenvalue weighted by Gasteiger charge is -2.10. The zero-order chi connectivity index (χ0) is 11.4. The number of hydrogen-bond donors (Lipinski definition) is 1. The third kappa shape index (κ3) is 4.48. The van der Waals surface area contributed by atoms with Gasteiger partial charge in [0.1, 0.15) is 0 Å². The maximum Gasteiger partial charge on any atom is 0.0176 e. The largest absolute Gasteiger partial charge is 0.327 e. The van der Waals surface area contributed by atoms with E-state index in [-0.39, 0.29) is 0 Å². The van der Waals surface area contributed by atoms with Gasteiger partial charge in [-0.1, -0.05) is 28.8 Å². The van der Waals surface area contributed by atoms with E-state index in [4.69, 9.17) is 5.73 Å². The average Bonchev–Trinajstić information content (AvgIpc) is 3.09. The van der Waals surface area contributed by atoms with Gasteiger partial charge < -0.3 is 5.73 Å². The predicted molar refractivity (Wildman–Crippen MR) is 74.8 cm³/mol. The van der Waals surface area contributed by atoms with E-state index in [0.717, 1.165) is 16.1 Å². The molecule has 0 aliphatic heterocycles. The van der Waals surface area contributed by atoms with Gasteiger partial charge in [0.2, 0.25) is 0 Å². The molecule has 1 atom stereocenters. The molecule has 1 aromatic rings. The first-order chi connectivity index (χ1) is 7.74. The zero-order valence-electron chi connectivity index (χ0n) is 9.36. The number of halogens is 1. The molecule has 0 radical (unpaired) electrons. The van der Waals surface area contributed by atoms with Crippen LogP contribution in [0.4, 0.5) is 0 Å². The summed E-state index contributed by atoms with van der Waals surface area (Å²) in [6, 6.07) is 8.80. The van der Waals surface area contributed by atoms with Crippen LogP contribution in [-0.2, 0) is 0 Å². The SMILES string of the molecule is NC(CCC1CC1)CSc1ccc(Br)cc1. The number of benzene rings is 1. The van der Waals surface area contributed by atoms with Crippen LogP contribution in [0, 0.1) is 5.92 Å². The molecule has 0 amide bonds. The van der Waals surface area contributed by atoms with Gasteiger partial charge in [-0.25, -0.2) is 0 Å². The molecule has 0 aromatic heterocycles. The second kappa shape index (κ2) is 6.08. The van der Waals surface area contributed by atoms with Crippen molar-refractivity contribution >= 4 is 27.7 Å². The summed E-state index contributed by atoms with van der Waals surface area (Å²) in [5, 5.41) is 0. The Bertz CT molecular complexity index is 321. The Kier molecular flexibility index (Phi) is 4.74. The summed E-state index contributed by atoms with van der Waals surface area (Å²) >= 11 is 5.30. The summed E-state index contributed by atoms with van der Waals surface area (Å²) in [6.45, 7) is 0. The Labute approximate surface area is 110 Å². The third-order valence-electron chi connectivity index (χ3n) is 2.92. The first-order valence-corrected chi connectivity index (χ1v) is 7.66. The van der Waals surface area contributed by atoms with Crippen LogP contribution < -0.4 is 5.73 Å². The van der Waals surface area contributed by atoms with Gasteiger partial charge in [0.25, 0.3) is 0 Å². The van der Waals surface area contributed by atoms with Crippen LogP contribution >= 0.6 is 27.7 Å². The molecule has 3 heteroatoms. The molecule has 16 heavy (non-hydrogen) atoms. The van der Waals surface area contributed by atoms with Gasteiger partial charge in [-0.2, -0.15) is 0 Å². The van der Waals surface area contributed by atoms with Crippen LogP contribution in [0.1, 0.15) is 25.7 Å². The summed E-state index contributed by atoms with van der Waals surface area (Å²) in [5.74, 6) is 2.04. The van der Waals surface area contributed by atoms with Crippen molar-refractivity contribution in [3.8, 4) is 0 Å². The van der Waals surface area contributed by atoms with Gasteiger partial charge in [0.05, 0.1) is 0 Å². The smallest absolute Gasteiger partial charge is 0.0176 e. The lowest BCUT2D eigenvalue weighted by Crippen LogP contribution is -2.22. The van der Waals surface area contributed by atoms with Gasteiger partial charge in [0.15, 0.2) is 0 Å². The van der Waals surface area contributed by atoms with Crippen molar-refractivity contribution in [2.24, 2.45) is 11.7 Å². The van der Waals surface area contributed by atoms with Crippen molar-refractivity contribution in [2.75, 3.05) is 5.75 Å². The third-order valence-corrected chi connectivity index (χ3v) is 4.65. The topological polar surface area (TPSA) is 26.0 Å². The highest BCUT2D eigenvalue weighted by Crippen LogP contribution is 2.34. The Balaban J connectivity index is 1.67. The maximum atomic E-state index is 6.10. The van der Waals surface area contributed by atoms with Crippen LogP contribution in [0.15, 0.2) is 33.6 Å². The summed E-state index contributed by atoms with van der Waals surface area (Å²) < 4.78 is 1.13. The number of nitrogens with two attached hydrogens (primary N) is 1. The summed E-state index contributed by atoms with van der Waals surface area (Å²) in [6.07, 6.45) is 5.40. The van der Waals surface area contributed by atoms with Crippen molar-refractivity contribution in [1.82, 2.24) is 0 Å². The van der Waals surface area contributed by atoms with Crippen molar-refractivity contribution in [1.29, 1.82) is 0 Å². The Morgan fingerprint density at radius 2 is 2.00 bits per heavy atom. The molecule has 2 rings (SSSR count). The van der Waals surface area contributed by atoms with Crippen molar-refractivity contribution < 1.29 is 0 Å². The molecule has 2 N–H and O–H groups in total. The minimum atomic E-state index is 0.356. The molecule has 1 saturated carbocycles. The van der Waals surface area contributed by atoms with Crippen molar-refractivity contribution in [2.45, 2.75) is 36.6 Å². The van der Waals surface area contributed by atoms with E-state index in [1.54, 1.807) is 0 Å². The van der Waals surface area contributed by atoms with Gasteiger partial charge >= 0.3 is 0 Å². The molecule has 1 fully saturated rings. The van der Waals surface area contributed by atoms with E-state index in [1.807, 2.05) is 11.8 Å². The van der Waals surface area contributed by atoms with Crippen LogP contribution in [0.2, 0.25) is 0 Å². The maximum absolute atomic E-state index is 6.10. The van der Waals surface area contributed by atoms with E-state index >= 15 is 0 Å². The monoisotopic (exact) mass is 299 g/mol. The van der Waals surface area contributed by atoms with Crippen molar-refractivity contribution in [3.05, 3.63) is 28.7 Å². The Hall–Kier alpha value is 0.01000. The molecule has 1 aromatic carbocycles. The number of hydrogen-bond acceptors (Lipinski definition) is 2. The molecule has 0 spiro atoms. The summed E-state index contributed by atoms with van der Waals surface area (Å²) in [7, 11) is 0. The molecule has 1 aliphatic carbocycles. The van der Waals surface area contributed by atoms with Gasteiger partial charge in [-0.05, 0) is 43.0 Å². The molecule has 1 unspecified atom stereocenters. The second-order valence-electron chi connectivity index (χ2n) is 4.55. The lowest BCUT2D eigenvalue weighted by molar-refractivity contribution is 0.591. The highest BCUT2D eigenvalue weighted by Gasteiger charge is 2.21. The molecule has 0 bridgehead atoms. The molecular formula is C13H18BrNS.